The first kappa shape index (κ1) is 11.5. The molecule has 0 amide bonds. The highest BCUT2D eigenvalue weighted by molar-refractivity contribution is 5.30. The molecular formula is C13H13FN2O. The Labute approximate surface area is 99.1 Å². The molecule has 4 heteroatoms. The third-order valence-electron chi connectivity index (χ3n) is 2.26. The maximum Gasteiger partial charge on any atom is 0.145 e. The van der Waals surface area contributed by atoms with Gasteiger partial charge >= 0.3 is 0 Å². The second kappa shape index (κ2) is 4.93. The van der Waals surface area contributed by atoms with E-state index in [0.717, 1.165) is 5.69 Å². The van der Waals surface area contributed by atoms with Gasteiger partial charge in [0.2, 0.25) is 0 Å². The normalized spacial score (nSPS) is 12.2. The van der Waals surface area contributed by atoms with E-state index < -0.39 is 0 Å². The Kier molecular flexibility index (Phi) is 3.35. The van der Waals surface area contributed by atoms with Gasteiger partial charge in [-0.15, -0.1) is 0 Å². The van der Waals surface area contributed by atoms with Gasteiger partial charge in [0.1, 0.15) is 17.3 Å². The lowest BCUT2D eigenvalue weighted by Gasteiger charge is -2.07. The number of aromatic nitrogens is 1. The Balaban J connectivity index is 2.14. The largest absolute Gasteiger partial charge is 0.456 e. The lowest BCUT2D eigenvalue weighted by Crippen LogP contribution is -2.06. The average molecular weight is 232 g/mol. The van der Waals surface area contributed by atoms with E-state index >= 15 is 0 Å². The molecule has 0 saturated carbocycles. The fourth-order valence-corrected chi connectivity index (χ4v) is 1.39. The molecule has 0 fully saturated rings. The van der Waals surface area contributed by atoms with Gasteiger partial charge < -0.3 is 10.5 Å². The summed E-state index contributed by atoms with van der Waals surface area (Å²) in [6.07, 6.45) is 1.57. The minimum Gasteiger partial charge on any atom is -0.456 e. The molecule has 0 spiro atoms. The van der Waals surface area contributed by atoms with E-state index in [2.05, 4.69) is 4.98 Å². The summed E-state index contributed by atoms with van der Waals surface area (Å²) >= 11 is 0. The second-order valence-corrected chi connectivity index (χ2v) is 3.77. The highest BCUT2D eigenvalue weighted by atomic mass is 19.1. The first-order valence-electron chi connectivity index (χ1n) is 5.30. The first-order chi connectivity index (χ1) is 8.15. The molecule has 2 rings (SSSR count). The van der Waals surface area contributed by atoms with Gasteiger partial charge in [0.25, 0.3) is 0 Å². The van der Waals surface area contributed by atoms with Crippen molar-refractivity contribution in [3.63, 3.8) is 0 Å². The van der Waals surface area contributed by atoms with Crippen molar-refractivity contribution in [1.82, 2.24) is 4.98 Å². The standard InChI is InChI=1S/C13H13FN2O/c1-9(15)13-6-5-12(8-16-13)17-11-4-2-3-10(14)7-11/h2-9H,15H2,1H3/t9-/m1/s1. The molecule has 1 aromatic heterocycles. The van der Waals surface area contributed by atoms with Gasteiger partial charge in [0, 0.05) is 12.1 Å². The SMILES string of the molecule is C[C@@H](N)c1ccc(Oc2cccc(F)c2)cn1. The number of hydrogen-bond acceptors (Lipinski definition) is 3. The molecule has 0 bridgehead atoms. The van der Waals surface area contributed by atoms with Crippen LogP contribution < -0.4 is 10.5 Å². The summed E-state index contributed by atoms with van der Waals surface area (Å²) < 4.78 is 18.4. The molecule has 0 aliphatic heterocycles. The Bertz CT molecular complexity index is 497. The van der Waals surface area contributed by atoms with E-state index in [0.29, 0.717) is 11.5 Å². The summed E-state index contributed by atoms with van der Waals surface area (Å²) in [5, 5.41) is 0. The van der Waals surface area contributed by atoms with E-state index in [9.17, 15) is 4.39 Å². The predicted molar refractivity (Wildman–Crippen MR) is 63.3 cm³/mol. The topological polar surface area (TPSA) is 48.1 Å². The number of nitrogens with zero attached hydrogens (tertiary/aromatic N) is 1. The quantitative estimate of drug-likeness (QED) is 0.884. The van der Waals surface area contributed by atoms with Crippen LogP contribution in [0.15, 0.2) is 42.6 Å². The molecule has 0 saturated heterocycles. The minimum atomic E-state index is -0.331. The van der Waals surface area contributed by atoms with Crippen LogP contribution >= 0.6 is 0 Å². The molecule has 88 valence electrons. The van der Waals surface area contributed by atoms with Crippen LogP contribution in [0.4, 0.5) is 4.39 Å². The Hall–Kier alpha value is -1.94. The summed E-state index contributed by atoms with van der Waals surface area (Å²) in [6.45, 7) is 1.86. The number of benzene rings is 1. The van der Waals surface area contributed by atoms with Gasteiger partial charge in [-0.25, -0.2) is 4.39 Å². The van der Waals surface area contributed by atoms with Crippen molar-refractivity contribution in [2.75, 3.05) is 0 Å². The van der Waals surface area contributed by atoms with Crippen LogP contribution in [0.1, 0.15) is 18.7 Å². The smallest absolute Gasteiger partial charge is 0.145 e. The van der Waals surface area contributed by atoms with Crippen LogP contribution in [0.3, 0.4) is 0 Å². The zero-order valence-corrected chi connectivity index (χ0v) is 9.43. The number of hydrogen-bond donors (Lipinski definition) is 1. The van der Waals surface area contributed by atoms with Crippen LogP contribution in [0.2, 0.25) is 0 Å². The molecule has 0 aliphatic carbocycles. The van der Waals surface area contributed by atoms with Crippen molar-refractivity contribution in [1.29, 1.82) is 0 Å². The summed E-state index contributed by atoms with van der Waals surface area (Å²) in [4.78, 5) is 4.15. The van der Waals surface area contributed by atoms with Crippen molar-refractivity contribution in [3.8, 4) is 11.5 Å². The van der Waals surface area contributed by atoms with Crippen LogP contribution in [-0.4, -0.2) is 4.98 Å². The Morgan fingerprint density at radius 1 is 1.24 bits per heavy atom. The van der Waals surface area contributed by atoms with Gasteiger partial charge in [0.15, 0.2) is 0 Å². The number of rotatable bonds is 3. The van der Waals surface area contributed by atoms with Crippen molar-refractivity contribution < 1.29 is 9.13 Å². The molecule has 17 heavy (non-hydrogen) atoms. The van der Waals surface area contributed by atoms with Gasteiger partial charge in [-0.3, -0.25) is 4.98 Å². The number of halogens is 1. The first-order valence-corrected chi connectivity index (χ1v) is 5.30. The second-order valence-electron chi connectivity index (χ2n) is 3.77. The molecule has 0 aliphatic rings. The van der Waals surface area contributed by atoms with E-state index in [4.69, 9.17) is 10.5 Å². The zero-order valence-electron chi connectivity index (χ0n) is 9.43. The van der Waals surface area contributed by atoms with Crippen molar-refractivity contribution in [2.45, 2.75) is 13.0 Å². The van der Waals surface area contributed by atoms with E-state index in [1.807, 2.05) is 6.92 Å². The van der Waals surface area contributed by atoms with E-state index in [1.165, 1.54) is 12.1 Å². The lowest BCUT2D eigenvalue weighted by atomic mass is 10.2. The fourth-order valence-electron chi connectivity index (χ4n) is 1.39. The van der Waals surface area contributed by atoms with Gasteiger partial charge in [-0.2, -0.15) is 0 Å². The lowest BCUT2D eigenvalue weighted by molar-refractivity contribution is 0.473. The zero-order chi connectivity index (χ0) is 12.3. The molecular weight excluding hydrogens is 219 g/mol. The predicted octanol–water partition coefficient (Wildman–Crippen LogP) is 3.03. The van der Waals surface area contributed by atoms with Crippen molar-refractivity contribution >= 4 is 0 Å². The highest BCUT2D eigenvalue weighted by Crippen LogP contribution is 2.21. The van der Waals surface area contributed by atoms with E-state index in [-0.39, 0.29) is 11.9 Å². The van der Waals surface area contributed by atoms with Gasteiger partial charge in [0.05, 0.1) is 11.9 Å². The summed E-state index contributed by atoms with van der Waals surface area (Å²) in [7, 11) is 0. The summed E-state index contributed by atoms with van der Waals surface area (Å²) in [6, 6.07) is 9.40. The molecule has 2 N–H and O–H groups in total. The molecule has 1 heterocycles. The van der Waals surface area contributed by atoms with Crippen molar-refractivity contribution in [3.05, 3.63) is 54.1 Å². The molecule has 3 nitrogen and oxygen atoms in total. The van der Waals surface area contributed by atoms with Crippen LogP contribution in [0.25, 0.3) is 0 Å². The number of nitrogens with two attached hydrogens (primary N) is 1. The maximum atomic E-state index is 12.9. The van der Waals surface area contributed by atoms with E-state index in [1.54, 1.807) is 30.5 Å². The molecule has 2 aromatic rings. The number of pyridine rings is 1. The molecule has 0 radical (unpaired) electrons. The summed E-state index contributed by atoms with van der Waals surface area (Å²) in [5.74, 6) is 0.669. The van der Waals surface area contributed by atoms with Gasteiger partial charge in [-0.05, 0) is 31.2 Å². The Morgan fingerprint density at radius 2 is 2.06 bits per heavy atom. The molecule has 1 aromatic carbocycles. The van der Waals surface area contributed by atoms with Crippen LogP contribution in [0, 0.1) is 5.82 Å². The van der Waals surface area contributed by atoms with Crippen LogP contribution in [-0.2, 0) is 0 Å². The van der Waals surface area contributed by atoms with Crippen LogP contribution in [0.5, 0.6) is 11.5 Å². The monoisotopic (exact) mass is 232 g/mol. The highest BCUT2D eigenvalue weighted by Gasteiger charge is 2.02. The van der Waals surface area contributed by atoms with Gasteiger partial charge in [-0.1, -0.05) is 6.07 Å². The Morgan fingerprint density at radius 3 is 2.65 bits per heavy atom. The summed E-state index contributed by atoms with van der Waals surface area (Å²) in [5.41, 5.74) is 6.47. The maximum absolute atomic E-state index is 12.9. The molecule has 0 unspecified atom stereocenters. The number of ether oxygens (including phenoxy) is 1. The molecule has 1 atom stereocenters. The van der Waals surface area contributed by atoms with Crippen molar-refractivity contribution in [2.24, 2.45) is 5.73 Å². The average Bonchev–Trinajstić information content (AvgIpc) is 2.29. The fraction of sp³-hybridized carbons (Fsp3) is 0.154. The third kappa shape index (κ3) is 3.01. The minimum absolute atomic E-state index is 0.113. The third-order valence-corrected chi connectivity index (χ3v) is 2.26.